The van der Waals surface area contributed by atoms with Crippen LogP contribution in [0.15, 0.2) is 42.5 Å². The summed E-state index contributed by atoms with van der Waals surface area (Å²) < 4.78 is 18.8. The number of aliphatic hydroxyl groups is 1. The molecule has 0 fully saturated rings. The largest absolute Gasteiger partial charge is 0.489 e. The Balaban J connectivity index is 2.13. The maximum Gasteiger partial charge on any atom is 0.272 e. The van der Waals surface area contributed by atoms with Gasteiger partial charge in [-0.25, -0.2) is 4.39 Å². The van der Waals surface area contributed by atoms with E-state index in [4.69, 9.17) is 4.74 Å². The van der Waals surface area contributed by atoms with Crippen molar-refractivity contribution in [2.75, 3.05) is 0 Å². The summed E-state index contributed by atoms with van der Waals surface area (Å²) in [6.45, 7) is 1.64. The molecule has 0 bridgehead atoms. The lowest BCUT2D eigenvalue weighted by atomic mass is 10.1. The number of nitrogens with zero attached hydrogens (tertiary/aromatic N) is 1. The van der Waals surface area contributed by atoms with Gasteiger partial charge in [0.15, 0.2) is 0 Å². The molecule has 1 atom stereocenters. The zero-order valence-corrected chi connectivity index (χ0v) is 11.3. The number of nitro benzene ring substituents is 1. The van der Waals surface area contributed by atoms with E-state index in [1.807, 2.05) is 0 Å². The van der Waals surface area contributed by atoms with Crippen LogP contribution in [0.25, 0.3) is 0 Å². The van der Waals surface area contributed by atoms with Crippen molar-refractivity contribution in [3.63, 3.8) is 0 Å². The second kappa shape index (κ2) is 6.32. The highest BCUT2D eigenvalue weighted by Crippen LogP contribution is 2.21. The monoisotopic (exact) mass is 291 g/mol. The van der Waals surface area contributed by atoms with Crippen molar-refractivity contribution in [1.82, 2.24) is 0 Å². The van der Waals surface area contributed by atoms with E-state index in [-0.39, 0.29) is 12.3 Å². The number of rotatable bonds is 5. The molecule has 2 aromatic rings. The van der Waals surface area contributed by atoms with Crippen molar-refractivity contribution in [2.45, 2.75) is 19.6 Å². The lowest BCUT2D eigenvalue weighted by molar-refractivity contribution is -0.385. The summed E-state index contributed by atoms with van der Waals surface area (Å²) in [6.07, 6.45) is -0.621. The Kier molecular flexibility index (Phi) is 4.49. The molecule has 0 aliphatic carbocycles. The molecule has 2 aromatic carbocycles. The van der Waals surface area contributed by atoms with Gasteiger partial charge >= 0.3 is 0 Å². The van der Waals surface area contributed by atoms with Crippen LogP contribution in [-0.2, 0) is 6.61 Å². The zero-order valence-electron chi connectivity index (χ0n) is 11.3. The van der Waals surface area contributed by atoms with E-state index >= 15 is 0 Å². The summed E-state index contributed by atoms with van der Waals surface area (Å²) >= 11 is 0. The molecule has 0 saturated carbocycles. The van der Waals surface area contributed by atoms with Gasteiger partial charge in [-0.2, -0.15) is 0 Å². The molecule has 0 radical (unpaired) electrons. The van der Waals surface area contributed by atoms with Gasteiger partial charge in [-0.15, -0.1) is 0 Å². The molecular formula is C15H14FNO4. The van der Waals surface area contributed by atoms with Gasteiger partial charge in [-0.1, -0.05) is 12.1 Å². The van der Waals surface area contributed by atoms with Gasteiger partial charge in [0.05, 0.1) is 17.1 Å². The molecule has 6 heteroatoms. The SMILES string of the molecule is C[C@@H](O)c1cccc(OCc2cc(F)cc([N+](=O)[O-])c2)c1. The molecule has 0 spiro atoms. The molecular weight excluding hydrogens is 277 g/mol. The fourth-order valence-electron chi connectivity index (χ4n) is 1.85. The fraction of sp³-hybridized carbons (Fsp3) is 0.200. The second-order valence-corrected chi connectivity index (χ2v) is 4.61. The number of benzene rings is 2. The Bertz CT molecular complexity index is 658. The first-order valence-electron chi connectivity index (χ1n) is 6.30. The van der Waals surface area contributed by atoms with Gasteiger partial charge in [0, 0.05) is 6.07 Å². The minimum Gasteiger partial charge on any atom is -0.489 e. The minimum absolute atomic E-state index is 0.00185. The molecule has 0 amide bonds. The Morgan fingerprint density at radius 3 is 2.76 bits per heavy atom. The van der Waals surface area contributed by atoms with Gasteiger partial charge in [-0.3, -0.25) is 10.1 Å². The van der Waals surface area contributed by atoms with Crippen molar-refractivity contribution in [1.29, 1.82) is 0 Å². The molecule has 0 saturated heterocycles. The number of aliphatic hydroxyl groups excluding tert-OH is 1. The predicted octanol–water partition coefficient (Wildman–Crippen LogP) is 3.37. The van der Waals surface area contributed by atoms with Crippen LogP contribution in [0.2, 0.25) is 0 Å². The molecule has 0 aromatic heterocycles. The lowest BCUT2D eigenvalue weighted by Crippen LogP contribution is -1.99. The second-order valence-electron chi connectivity index (χ2n) is 4.61. The number of halogens is 1. The van der Waals surface area contributed by atoms with Gasteiger partial charge in [0.25, 0.3) is 5.69 Å². The van der Waals surface area contributed by atoms with Crippen molar-refractivity contribution in [3.8, 4) is 5.75 Å². The molecule has 5 nitrogen and oxygen atoms in total. The first-order valence-corrected chi connectivity index (χ1v) is 6.30. The predicted molar refractivity (Wildman–Crippen MR) is 74.5 cm³/mol. The Labute approximate surface area is 120 Å². The summed E-state index contributed by atoms with van der Waals surface area (Å²) in [7, 11) is 0. The van der Waals surface area contributed by atoms with Crippen LogP contribution in [0.4, 0.5) is 10.1 Å². The average Bonchev–Trinajstić information content (AvgIpc) is 2.45. The molecule has 2 rings (SSSR count). The Morgan fingerprint density at radius 2 is 2.10 bits per heavy atom. The van der Waals surface area contributed by atoms with Crippen LogP contribution >= 0.6 is 0 Å². The van der Waals surface area contributed by atoms with Crippen LogP contribution < -0.4 is 4.74 Å². The van der Waals surface area contributed by atoms with E-state index in [2.05, 4.69) is 0 Å². The molecule has 21 heavy (non-hydrogen) atoms. The summed E-state index contributed by atoms with van der Waals surface area (Å²) in [5.74, 6) is -0.180. The lowest BCUT2D eigenvalue weighted by Gasteiger charge is -2.09. The van der Waals surface area contributed by atoms with Crippen molar-refractivity contribution < 1.29 is 19.2 Å². The first-order chi connectivity index (χ1) is 9.95. The van der Waals surface area contributed by atoms with E-state index in [1.54, 1.807) is 31.2 Å². The summed E-state index contributed by atoms with van der Waals surface area (Å²) in [4.78, 5) is 10.0. The Morgan fingerprint density at radius 1 is 1.33 bits per heavy atom. The summed E-state index contributed by atoms with van der Waals surface area (Å²) in [6, 6.07) is 10.2. The number of hydrogen-bond acceptors (Lipinski definition) is 4. The highest BCUT2D eigenvalue weighted by atomic mass is 19.1. The van der Waals surface area contributed by atoms with Crippen molar-refractivity contribution in [3.05, 3.63) is 69.5 Å². The molecule has 1 N–H and O–H groups in total. The van der Waals surface area contributed by atoms with E-state index in [0.717, 1.165) is 6.07 Å². The van der Waals surface area contributed by atoms with Crippen LogP contribution in [0.1, 0.15) is 24.2 Å². The third-order valence-corrected chi connectivity index (χ3v) is 2.90. The van der Waals surface area contributed by atoms with Gasteiger partial charge in [-0.05, 0) is 36.2 Å². The maximum atomic E-state index is 13.3. The summed E-state index contributed by atoms with van der Waals surface area (Å²) in [5.41, 5.74) is 0.744. The number of ether oxygens (including phenoxy) is 1. The standard InChI is InChI=1S/C15H14FNO4/c1-10(18)12-3-2-4-15(7-12)21-9-11-5-13(16)8-14(6-11)17(19)20/h2-8,10,18H,9H2,1H3/t10-/m1/s1. The highest BCUT2D eigenvalue weighted by Gasteiger charge is 2.10. The summed E-state index contributed by atoms with van der Waals surface area (Å²) in [5, 5.41) is 20.2. The first kappa shape index (κ1) is 14.9. The maximum absolute atomic E-state index is 13.3. The minimum atomic E-state index is -0.680. The van der Waals surface area contributed by atoms with Gasteiger partial charge in [0.2, 0.25) is 0 Å². The van der Waals surface area contributed by atoms with Crippen molar-refractivity contribution in [2.24, 2.45) is 0 Å². The van der Waals surface area contributed by atoms with Crippen LogP contribution in [-0.4, -0.2) is 10.0 Å². The van der Waals surface area contributed by atoms with Crippen molar-refractivity contribution >= 4 is 5.69 Å². The topological polar surface area (TPSA) is 72.6 Å². The zero-order chi connectivity index (χ0) is 15.4. The average molecular weight is 291 g/mol. The molecule has 0 aliphatic heterocycles. The van der Waals surface area contributed by atoms with E-state index < -0.39 is 16.8 Å². The molecule has 110 valence electrons. The fourth-order valence-corrected chi connectivity index (χ4v) is 1.85. The third-order valence-electron chi connectivity index (χ3n) is 2.90. The number of non-ortho nitro benzene ring substituents is 1. The third kappa shape index (κ3) is 4.00. The molecule has 0 heterocycles. The molecule has 0 aliphatic rings. The number of hydrogen-bond donors (Lipinski definition) is 1. The quantitative estimate of drug-likeness (QED) is 0.677. The van der Waals surface area contributed by atoms with Crippen LogP contribution in [0.3, 0.4) is 0 Å². The van der Waals surface area contributed by atoms with E-state index in [9.17, 15) is 19.6 Å². The van der Waals surface area contributed by atoms with Gasteiger partial charge < -0.3 is 9.84 Å². The molecule has 0 unspecified atom stereocenters. The normalized spacial score (nSPS) is 12.0. The highest BCUT2D eigenvalue weighted by molar-refractivity contribution is 5.35. The van der Waals surface area contributed by atoms with Crippen LogP contribution in [0, 0.1) is 15.9 Å². The number of nitro groups is 1. The van der Waals surface area contributed by atoms with Crippen LogP contribution in [0.5, 0.6) is 5.75 Å². The smallest absolute Gasteiger partial charge is 0.272 e. The van der Waals surface area contributed by atoms with E-state index in [1.165, 1.54) is 12.1 Å². The van der Waals surface area contributed by atoms with E-state index in [0.29, 0.717) is 16.9 Å². The Hall–Kier alpha value is -2.47. The van der Waals surface area contributed by atoms with Gasteiger partial charge in [0.1, 0.15) is 18.2 Å².